The smallest absolute Gasteiger partial charge is 0.223 e. The molecule has 0 fully saturated rings. The van der Waals surface area contributed by atoms with Gasteiger partial charge in [0.25, 0.3) is 0 Å². The maximum Gasteiger partial charge on any atom is 0.223 e. The molecule has 5 heteroatoms. The van der Waals surface area contributed by atoms with Crippen LogP contribution < -0.4 is 0 Å². The zero-order valence-corrected chi connectivity index (χ0v) is 12.5. The van der Waals surface area contributed by atoms with Crippen molar-refractivity contribution in [1.82, 2.24) is 19.7 Å². The molecule has 0 unspecified atom stereocenters. The average molecular weight is 284 g/mol. The highest BCUT2D eigenvalue weighted by Gasteiger charge is 2.22. The molecule has 3 rings (SSSR count). The normalized spacial score (nSPS) is 14.1. The number of benzene rings is 1. The largest absolute Gasteiger partial charge is 0.333 e. The Morgan fingerprint density at radius 3 is 2.81 bits per heavy atom. The van der Waals surface area contributed by atoms with E-state index >= 15 is 0 Å². The van der Waals surface area contributed by atoms with Crippen molar-refractivity contribution in [3.63, 3.8) is 0 Å². The first kappa shape index (κ1) is 13.8. The molecule has 110 valence electrons. The van der Waals surface area contributed by atoms with E-state index < -0.39 is 0 Å². The van der Waals surface area contributed by atoms with Crippen molar-refractivity contribution in [2.75, 3.05) is 6.54 Å². The Kier molecular flexibility index (Phi) is 3.73. The summed E-state index contributed by atoms with van der Waals surface area (Å²) in [6, 6.07) is 8.24. The molecule has 5 nitrogen and oxygen atoms in total. The predicted molar refractivity (Wildman–Crippen MR) is 79.7 cm³/mol. The maximum absolute atomic E-state index is 12.4. The summed E-state index contributed by atoms with van der Waals surface area (Å²) in [6.45, 7) is 6.16. The molecule has 1 aliphatic heterocycles. The van der Waals surface area contributed by atoms with E-state index in [0.29, 0.717) is 13.0 Å². The van der Waals surface area contributed by atoms with Gasteiger partial charge in [0.15, 0.2) is 5.82 Å². The molecule has 0 aliphatic carbocycles. The second-order valence-electron chi connectivity index (χ2n) is 5.56. The maximum atomic E-state index is 12.4. The topological polar surface area (TPSA) is 51.0 Å². The fraction of sp³-hybridized carbons (Fsp3) is 0.438. The molecule has 2 aromatic rings. The van der Waals surface area contributed by atoms with Crippen LogP contribution in [-0.2, 0) is 24.3 Å². The second kappa shape index (κ2) is 5.68. The van der Waals surface area contributed by atoms with Crippen LogP contribution in [0.4, 0.5) is 0 Å². The van der Waals surface area contributed by atoms with Crippen LogP contribution in [0.25, 0.3) is 0 Å². The van der Waals surface area contributed by atoms with Gasteiger partial charge in [0, 0.05) is 19.5 Å². The summed E-state index contributed by atoms with van der Waals surface area (Å²) in [7, 11) is 0. The fourth-order valence-corrected chi connectivity index (χ4v) is 2.81. The second-order valence-corrected chi connectivity index (χ2v) is 5.56. The highest BCUT2D eigenvalue weighted by molar-refractivity contribution is 5.76. The van der Waals surface area contributed by atoms with Crippen LogP contribution in [0.2, 0.25) is 0 Å². The Labute approximate surface area is 124 Å². The number of rotatable bonds is 3. The third kappa shape index (κ3) is 2.82. The monoisotopic (exact) mass is 284 g/mol. The molecule has 0 spiro atoms. The SMILES string of the molecule is Cc1ccccc1CCC(=O)N1CCn2c(C)nnc2C1. The van der Waals surface area contributed by atoms with E-state index in [1.807, 2.05) is 24.0 Å². The molecule has 1 aliphatic rings. The summed E-state index contributed by atoms with van der Waals surface area (Å²) in [4.78, 5) is 14.3. The molecule has 21 heavy (non-hydrogen) atoms. The van der Waals surface area contributed by atoms with E-state index in [-0.39, 0.29) is 5.91 Å². The molecule has 0 saturated carbocycles. The quantitative estimate of drug-likeness (QED) is 0.864. The lowest BCUT2D eigenvalue weighted by Crippen LogP contribution is -2.38. The minimum atomic E-state index is 0.199. The molecular weight excluding hydrogens is 264 g/mol. The van der Waals surface area contributed by atoms with Gasteiger partial charge in [-0.25, -0.2) is 0 Å². The summed E-state index contributed by atoms with van der Waals surface area (Å²) in [5, 5.41) is 8.21. The third-order valence-corrected chi connectivity index (χ3v) is 4.16. The molecule has 1 aromatic carbocycles. The number of aryl methyl sites for hydroxylation is 3. The first-order valence-corrected chi connectivity index (χ1v) is 7.36. The lowest BCUT2D eigenvalue weighted by atomic mass is 10.0. The Bertz CT molecular complexity index is 662. The molecule has 0 atom stereocenters. The van der Waals surface area contributed by atoms with Crippen LogP contribution >= 0.6 is 0 Å². The predicted octanol–water partition coefficient (Wildman–Crippen LogP) is 1.87. The fourth-order valence-electron chi connectivity index (χ4n) is 2.81. The number of hydrogen-bond donors (Lipinski definition) is 0. The van der Waals surface area contributed by atoms with Gasteiger partial charge in [0.1, 0.15) is 5.82 Å². The number of amides is 1. The van der Waals surface area contributed by atoms with E-state index in [0.717, 1.165) is 31.2 Å². The highest BCUT2D eigenvalue weighted by Crippen LogP contribution is 2.15. The van der Waals surface area contributed by atoms with Crippen molar-refractivity contribution in [2.24, 2.45) is 0 Å². The number of fused-ring (bicyclic) bond motifs is 1. The molecule has 1 amide bonds. The number of aromatic nitrogens is 3. The first-order valence-electron chi connectivity index (χ1n) is 7.36. The van der Waals surface area contributed by atoms with E-state index in [2.05, 4.69) is 33.8 Å². The number of carbonyl (C=O) groups is 1. The molecule has 0 saturated heterocycles. The average Bonchev–Trinajstić information content (AvgIpc) is 2.87. The lowest BCUT2D eigenvalue weighted by molar-refractivity contribution is -0.132. The summed E-state index contributed by atoms with van der Waals surface area (Å²) in [5.41, 5.74) is 2.50. The molecular formula is C16H20N4O. The lowest BCUT2D eigenvalue weighted by Gasteiger charge is -2.27. The van der Waals surface area contributed by atoms with Crippen LogP contribution in [0.5, 0.6) is 0 Å². The zero-order chi connectivity index (χ0) is 14.8. The van der Waals surface area contributed by atoms with Crippen molar-refractivity contribution in [2.45, 2.75) is 39.8 Å². The van der Waals surface area contributed by atoms with Crippen molar-refractivity contribution in [3.8, 4) is 0 Å². The Balaban J connectivity index is 1.61. The van der Waals surface area contributed by atoms with E-state index in [4.69, 9.17) is 0 Å². The van der Waals surface area contributed by atoms with Crippen molar-refractivity contribution in [3.05, 3.63) is 47.0 Å². The van der Waals surface area contributed by atoms with Crippen LogP contribution in [-0.4, -0.2) is 32.1 Å². The van der Waals surface area contributed by atoms with Crippen molar-refractivity contribution in [1.29, 1.82) is 0 Å². The van der Waals surface area contributed by atoms with Crippen molar-refractivity contribution >= 4 is 5.91 Å². The van der Waals surface area contributed by atoms with Gasteiger partial charge in [-0.15, -0.1) is 10.2 Å². The van der Waals surface area contributed by atoms with Gasteiger partial charge in [-0.3, -0.25) is 4.79 Å². The molecule has 0 radical (unpaired) electrons. The summed E-state index contributed by atoms with van der Waals surface area (Å²) < 4.78 is 2.09. The zero-order valence-electron chi connectivity index (χ0n) is 12.5. The minimum Gasteiger partial charge on any atom is -0.333 e. The Morgan fingerprint density at radius 2 is 2.00 bits per heavy atom. The van der Waals surface area contributed by atoms with Gasteiger partial charge < -0.3 is 9.47 Å². The molecule has 1 aromatic heterocycles. The van der Waals surface area contributed by atoms with Gasteiger partial charge in [0.2, 0.25) is 5.91 Å². The van der Waals surface area contributed by atoms with Gasteiger partial charge in [-0.05, 0) is 31.4 Å². The highest BCUT2D eigenvalue weighted by atomic mass is 16.2. The summed E-state index contributed by atoms with van der Waals surface area (Å²) >= 11 is 0. The van der Waals surface area contributed by atoms with E-state index in [9.17, 15) is 4.79 Å². The number of nitrogens with zero attached hydrogens (tertiary/aromatic N) is 4. The number of carbonyl (C=O) groups excluding carboxylic acids is 1. The Morgan fingerprint density at radius 1 is 1.19 bits per heavy atom. The molecule has 0 bridgehead atoms. The minimum absolute atomic E-state index is 0.199. The standard InChI is InChI=1S/C16H20N4O/c1-12-5-3-4-6-14(12)7-8-16(21)19-9-10-20-13(2)17-18-15(20)11-19/h3-6H,7-11H2,1-2H3. The van der Waals surface area contributed by atoms with Gasteiger partial charge in [0.05, 0.1) is 6.54 Å². The number of hydrogen-bond acceptors (Lipinski definition) is 3. The van der Waals surface area contributed by atoms with Crippen LogP contribution in [0.3, 0.4) is 0 Å². The van der Waals surface area contributed by atoms with Crippen molar-refractivity contribution < 1.29 is 4.79 Å². The summed E-state index contributed by atoms with van der Waals surface area (Å²) in [5.74, 6) is 2.02. The summed E-state index contributed by atoms with van der Waals surface area (Å²) in [6.07, 6.45) is 1.35. The van der Waals surface area contributed by atoms with Gasteiger partial charge in [-0.1, -0.05) is 24.3 Å². The van der Waals surface area contributed by atoms with E-state index in [1.54, 1.807) is 0 Å². The van der Waals surface area contributed by atoms with Crippen LogP contribution in [0.1, 0.15) is 29.2 Å². The van der Waals surface area contributed by atoms with Crippen LogP contribution in [0, 0.1) is 13.8 Å². The first-order chi connectivity index (χ1) is 10.1. The van der Waals surface area contributed by atoms with Gasteiger partial charge >= 0.3 is 0 Å². The van der Waals surface area contributed by atoms with Crippen LogP contribution in [0.15, 0.2) is 24.3 Å². The van der Waals surface area contributed by atoms with Gasteiger partial charge in [-0.2, -0.15) is 0 Å². The third-order valence-electron chi connectivity index (χ3n) is 4.16. The Hall–Kier alpha value is -2.17. The van der Waals surface area contributed by atoms with E-state index in [1.165, 1.54) is 11.1 Å². The molecule has 2 heterocycles. The molecule has 0 N–H and O–H groups in total.